The van der Waals surface area contributed by atoms with Gasteiger partial charge in [0.05, 0.1) is 7.11 Å². The summed E-state index contributed by atoms with van der Waals surface area (Å²) in [7, 11) is 1.76. The fraction of sp³-hybridized carbons (Fsp3) is 0.625. The second-order valence-electron chi connectivity index (χ2n) is 5.29. The van der Waals surface area contributed by atoms with E-state index < -0.39 is 0 Å². The van der Waals surface area contributed by atoms with E-state index >= 15 is 0 Å². The van der Waals surface area contributed by atoms with Gasteiger partial charge in [0.25, 0.3) is 0 Å². The number of benzene rings is 1. The zero-order valence-electron chi connectivity index (χ0n) is 12.6. The number of methoxy groups -OCH3 is 1. The van der Waals surface area contributed by atoms with Gasteiger partial charge in [0.15, 0.2) is 0 Å². The summed E-state index contributed by atoms with van der Waals surface area (Å²) in [5.74, 6) is 1.54. The Bertz CT molecular complexity index is 387. The molecule has 0 amide bonds. The zero-order valence-corrected chi connectivity index (χ0v) is 12.6. The number of hydrogen-bond acceptors (Lipinski definition) is 2. The number of ether oxygens (including phenoxy) is 1. The normalized spacial score (nSPS) is 14.3. The molecule has 2 unspecified atom stereocenters. The lowest BCUT2D eigenvalue weighted by molar-refractivity contribution is 0.399. The van der Waals surface area contributed by atoms with Crippen molar-refractivity contribution in [3.05, 3.63) is 28.8 Å². The molecule has 2 heteroatoms. The van der Waals surface area contributed by atoms with Gasteiger partial charge in [0.1, 0.15) is 5.75 Å². The molecule has 0 aliphatic heterocycles. The topological polar surface area (TPSA) is 21.3 Å². The van der Waals surface area contributed by atoms with Crippen LogP contribution in [0.2, 0.25) is 0 Å². The molecule has 0 aliphatic carbocycles. The average Bonchev–Trinajstić information content (AvgIpc) is 2.27. The fourth-order valence-corrected chi connectivity index (χ4v) is 2.82. The monoisotopic (exact) mass is 249 g/mol. The van der Waals surface area contributed by atoms with Crippen LogP contribution in [-0.4, -0.2) is 19.7 Å². The molecule has 0 radical (unpaired) electrons. The minimum absolute atomic E-state index is 0.509. The molecule has 0 saturated heterocycles. The van der Waals surface area contributed by atoms with Crippen molar-refractivity contribution in [2.75, 3.05) is 13.7 Å². The van der Waals surface area contributed by atoms with Crippen molar-refractivity contribution in [1.29, 1.82) is 0 Å². The summed E-state index contributed by atoms with van der Waals surface area (Å²) >= 11 is 0. The summed E-state index contributed by atoms with van der Waals surface area (Å²) in [6.45, 7) is 12.0. The van der Waals surface area contributed by atoms with Gasteiger partial charge in [-0.2, -0.15) is 0 Å². The predicted octanol–water partition coefficient (Wildman–Crippen LogP) is 3.80. The minimum atomic E-state index is 0.509. The van der Waals surface area contributed by atoms with Crippen LogP contribution in [0.1, 0.15) is 49.8 Å². The van der Waals surface area contributed by atoms with Gasteiger partial charge in [-0.1, -0.05) is 19.9 Å². The Balaban J connectivity index is 2.94. The van der Waals surface area contributed by atoms with Crippen molar-refractivity contribution < 1.29 is 4.74 Å². The third-order valence-corrected chi connectivity index (χ3v) is 3.47. The van der Waals surface area contributed by atoms with Crippen LogP contribution in [0.3, 0.4) is 0 Å². The van der Waals surface area contributed by atoms with Gasteiger partial charge in [-0.05, 0) is 62.4 Å². The molecule has 0 spiro atoms. The van der Waals surface area contributed by atoms with Gasteiger partial charge in [-0.3, -0.25) is 0 Å². The van der Waals surface area contributed by atoms with Gasteiger partial charge in [-0.15, -0.1) is 0 Å². The summed E-state index contributed by atoms with van der Waals surface area (Å²) in [6.07, 6.45) is 1.13. The number of rotatable bonds is 6. The maximum Gasteiger partial charge on any atom is 0.122 e. The Morgan fingerprint density at radius 3 is 2.44 bits per heavy atom. The minimum Gasteiger partial charge on any atom is -0.496 e. The molecule has 1 rings (SSSR count). The highest BCUT2D eigenvalue weighted by atomic mass is 16.5. The predicted molar refractivity (Wildman–Crippen MR) is 78.6 cm³/mol. The summed E-state index contributed by atoms with van der Waals surface area (Å²) in [5.41, 5.74) is 3.95. The smallest absolute Gasteiger partial charge is 0.122 e. The molecule has 0 saturated carbocycles. The number of aryl methyl sites for hydroxylation is 2. The first kappa shape index (κ1) is 15.0. The zero-order chi connectivity index (χ0) is 13.7. The van der Waals surface area contributed by atoms with Crippen LogP contribution in [0.15, 0.2) is 12.1 Å². The lowest BCUT2D eigenvalue weighted by Crippen LogP contribution is -2.27. The Morgan fingerprint density at radius 2 is 1.89 bits per heavy atom. The van der Waals surface area contributed by atoms with E-state index in [4.69, 9.17) is 4.74 Å². The van der Waals surface area contributed by atoms with Gasteiger partial charge in [-0.25, -0.2) is 0 Å². The van der Waals surface area contributed by atoms with Gasteiger partial charge in [0, 0.05) is 6.04 Å². The summed E-state index contributed by atoms with van der Waals surface area (Å²) in [5, 5.41) is 3.47. The molecule has 0 fully saturated rings. The van der Waals surface area contributed by atoms with Crippen LogP contribution in [-0.2, 0) is 0 Å². The molecule has 18 heavy (non-hydrogen) atoms. The van der Waals surface area contributed by atoms with Gasteiger partial charge < -0.3 is 10.1 Å². The third-order valence-electron chi connectivity index (χ3n) is 3.47. The molecule has 102 valence electrons. The third kappa shape index (κ3) is 3.74. The van der Waals surface area contributed by atoms with Crippen LogP contribution in [0.4, 0.5) is 0 Å². The van der Waals surface area contributed by atoms with Gasteiger partial charge in [0.2, 0.25) is 0 Å². The Morgan fingerprint density at radius 1 is 1.22 bits per heavy atom. The first-order valence-corrected chi connectivity index (χ1v) is 6.88. The van der Waals surface area contributed by atoms with Crippen molar-refractivity contribution in [2.24, 2.45) is 0 Å². The molecule has 1 N–H and O–H groups in total. The van der Waals surface area contributed by atoms with Crippen molar-refractivity contribution in [3.63, 3.8) is 0 Å². The second kappa shape index (κ2) is 6.79. The number of nitrogens with one attached hydrogen (secondary N) is 1. The van der Waals surface area contributed by atoms with Crippen LogP contribution in [0, 0.1) is 13.8 Å². The highest BCUT2D eigenvalue weighted by molar-refractivity contribution is 5.45. The molecule has 1 aromatic carbocycles. The van der Waals surface area contributed by atoms with Crippen molar-refractivity contribution in [2.45, 2.75) is 53.0 Å². The van der Waals surface area contributed by atoms with Crippen LogP contribution in [0.5, 0.6) is 5.75 Å². The molecule has 0 heterocycles. The molecule has 0 bridgehead atoms. The van der Waals surface area contributed by atoms with E-state index in [0.717, 1.165) is 18.7 Å². The molecule has 0 aliphatic rings. The van der Waals surface area contributed by atoms with E-state index in [1.54, 1.807) is 7.11 Å². The molecule has 1 aromatic rings. The van der Waals surface area contributed by atoms with E-state index in [1.165, 1.54) is 16.7 Å². The quantitative estimate of drug-likeness (QED) is 0.828. The van der Waals surface area contributed by atoms with E-state index in [-0.39, 0.29) is 0 Å². The second-order valence-corrected chi connectivity index (χ2v) is 5.29. The fourth-order valence-electron chi connectivity index (χ4n) is 2.82. The first-order valence-electron chi connectivity index (χ1n) is 6.88. The Labute approximate surface area is 112 Å². The lowest BCUT2D eigenvalue weighted by Gasteiger charge is -2.22. The van der Waals surface area contributed by atoms with E-state index in [9.17, 15) is 0 Å². The van der Waals surface area contributed by atoms with Crippen LogP contribution >= 0.6 is 0 Å². The van der Waals surface area contributed by atoms with E-state index in [0.29, 0.717) is 12.0 Å². The van der Waals surface area contributed by atoms with E-state index in [2.05, 4.69) is 52.1 Å². The van der Waals surface area contributed by atoms with Crippen molar-refractivity contribution >= 4 is 0 Å². The maximum absolute atomic E-state index is 5.55. The average molecular weight is 249 g/mol. The maximum atomic E-state index is 5.55. The lowest BCUT2D eigenvalue weighted by atomic mass is 9.89. The van der Waals surface area contributed by atoms with Crippen LogP contribution < -0.4 is 10.1 Å². The van der Waals surface area contributed by atoms with E-state index in [1.807, 2.05) is 0 Å². The SMILES string of the molecule is CCNC(C)CC(C)c1c(C)cc(C)cc1OC. The molecule has 2 nitrogen and oxygen atoms in total. The van der Waals surface area contributed by atoms with Crippen molar-refractivity contribution in [3.8, 4) is 5.75 Å². The van der Waals surface area contributed by atoms with Gasteiger partial charge >= 0.3 is 0 Å². The standard InChI is InChI=1S/C16H27NO/c1-7-17-14(5)10-13(4)16-12(3)8-11(2)9-15(16)18-6/h8-9,13-14,17H,7,10H2,1-6H3. The largest absolute Gasteiger partial charge is 0.496 e. The molecule has 2 atom stereocenters. The Kier molecular flexibility index (Phi) is 5.67. The number of hydrogen-bond donors (Lipinski definition) is 1. The Hall–Kier alpha value is -1.02. The summed E-state index contributed by atoms with van der Waals surface area (Å²) in [6, 6.07) is 4.92. The summed E-state index contributed by atoms with van der Waals surface area (Å²) in [4.78, 5) is 0. The highest BCUT2D eigenvalue weighted by Gasteiger charge is 2.17. The molecule has 0 aromatic heterocycles. The summed E-state index contributed by atoms with van der Waals surface area (Å²) < 4.78 is 5.55. The molecular formula is C16H27NO. The van der Waals surface area contributed by atoms with Crippen LogP contribution in [0.25, 0.3) is 0 Å². The highest BCUT2D eigenvalue weighted by Crippen LogP contribution is 2.33. The molecular weight excluding hydrogens is 222 g/mol. The van der Waals surface area contributed by atoms with Crippen molar-refractivity contribution in [1.82, 2.24) is 5.32 Å². The first-order chi connectivity index (χ1) is 8.49.